The summed E-state index contributed by atoms with van der Waals surface area (Å²) in [5.74, 6) is 1.69. The molecule has 5 rings (SSSR count). The number of hydrogen-bond acceptors (Lipinski definition) is 5. The van der Waals surface area contributed by atoms with Crippen LogP contribution in [0.25, 0.3) is 11.6 Å². The van der Waals surface area contributed by atoms with Crippen molar-refractivity contribution in [1.82, 2.24) is 20.2 Å². The molecule has 2 aliphatic rings. The molecular formula is C22H24N6. The molecule has 0 atom stereocenters. The number of anilines is 3. The van der Waals surface area contributed by atoms with Crippen molar-refractivity contribution in [3.8, 4) is 0 Å². The summed E-state index contributed by atoms with van der Waals surface area (Å²) in [6.45, 7) is 2.90. The van der Waals surface area contributed by atoms with Crippen LogP contribution in [0.3, 0.4) is 0 Å². The van der Waals surface area contributed by atoms with E-state index in [-0.39, 0.29) is 0 Å². The van der Waals surface area contributed by atoms with Gasteiger partial charge in [-0.3, -0.25) is 5.10 Å². The molecule has 1 aliphatic heterocycles. The van der Waals surface area contributed by atoms with E-state index in [4.69, 9.17) is 9.97 Å². The normalized spacial score (nSPS) is 16.8. The van der Waals surface area contributed by atoms with Crippen LogP contribution in [-0.2, 0) is 0 Å². The number of nitrogens with zero attached hydrogens (tertiary/aromatic N) is 4. The zero-order chi connectivity index (χ0) is 18.9. The largest absolute Gasteiger partial charge is 0.349 e. The highest BCUT2D eigenvalue weighted by Crippen LogP contribution is 2.38. The molecule has 3 aromatic rings. The van der Waals surface area contributed by atoms with Crippen molar-refractivity contribution < 1.29 is 0 Å². The highest BCUT2D eigenvalue weighted by Gasteiger charge is 2.31. The van der Waals surface area contributed by atoms with Gasteiger partial charge in [0, 0.05) is 30.0 Å². The Hall–Kier alpha value is -3.15. The molecule has 3 heterocycles. The predicted molar refractivity (Wildman–Crippen MR) is 113 cm³/mol. The number of H-pyrrole nitrogens is 1. The minimum atomic E-state index is 0.528. The maximum absolute atomic E-state index is 4.94. The molecule has 2 N–H and O–H groups in total. The van der Waals surface area contributed by atoms with E-state index in [0.29, 0.717) is 12.0 Å². The van der Waals surface area contributed by atoms with Crippen LogP contribution in [0.2, 0.25) is 0 Å². The van der Waals surface area contributed by atoms with E-state index in [0.717, 1.165) is 35.0 Å². The SMILES string of the molecule is Cc1nc(Nc2ccccc2)nc2c1C=C(c1cc[nH]n1)CN2C1CCCC1. The summed E-state index contributed by atoms with van der Waals surface area (Å²) in [5, 5.41) is 10.7. The quantitative estimate of drug-likeness (QED) is 0.703. The fourth-order valence-corrected chi connectivity index (χ4v) is 4.25. The maximum Gasteiger partial charge on any atom is 0.229 e. The number of hydrogen-bond donors (Lipinski definition) is 2. The van der Waals surface area contributed by atoms with Crippen molar-refractivity contribution in [2.24, 2.45) is 0 Å². The van der Waals surface area contributed by atoms with Gasteiger partial charge in [0.05, 0.1) is 11.4 Å². The first kappa shape index (κ1) is 17.0. The molecule has 1 saturated carbocycles. The average Bonchev–Trinajstić information content (AvgIpc) is 3.43. The van der Waals surface area contributed by atoms with Gasteiger partial charge in [-0.2, -0.15) is 10.1 Å². The number of fused-ring (bicyclic) bond motifs is 1. The molecule has 1 aromatic carbocycles. The topological polar surface area (TPSA) is 69.7 Å². The van der Waals surface area contributed by atoms with E-state index in [1.807, 2.05) is 42.6 Å². The van der Waals surface area contributed by atoms with Gasteiger partial charge < -0.3 is 10.2 Å². The second kappa shape index (κ2) is 7.11. The van der Waals surface area contributed by atoms with Gasteiger partial charge in [0.25, 0.3) is 0 Å². The van der Waals surface area contributed by atoms with E-state index >= 15 is 0 Å². The monoisotopic (exact) mass is 372 g/mol. The van der Waals surface area contributed by atoms with Gasteiger partial charge in [-0.25, -0.2) is 4.98 Å². The summed E-state index contributed by atoms with van der Waals surface area (Å²) in [4.78, 5) is 12.1. The highest BCUT2D eigenvalue weighted by atomic mass is 15.3. The van der Waals surface area contributed by atoms with Crippen molar-refractivity contribution in [2.45, 2.75) is 38.6 Å². The van der Waals surface area contributed by atoms with Gasteiger partial charge in [-0.1, -0.05) is 31.0 Å². The third kappa shape index (κ3) is 3.15. The molecule has 142 valence electrons. The van der Waals surface area contributed by atoms with Crippen molar-refractivity contribution >= 4 is 29.1 Å². The molecule has 0 radical (unpaired) electrons. The molecule has 2 aromatic heterocycles. The van der Waals surface area contributed by atoms with Crippen LogP contribution in [-0.4, -0.2) is 32.8 Å². The van der Waals surface area contributed by atoms with E-state index in [1.54, 1.807) is 0 Å². The Morgan fingerprint density at radius 1 is 1.07 bits per heavy atom. The van der Waals surface area contributed by atoms with Crippen molar-refractivity contribution in [1.29, 1.82) is 0 Å². The molecule has 0 spiro atoms. The zero-order valence-corrected chi connectivity index (χ0v) is 16.0. The van der Waals surface area contributed by atoms with Gasteiger partial charge >= 0.3 is 0 Å². The number of nitrogens with one attached hydrogen (secondary N) is 2. The number of para-hydroxylation sites is 1. The van der Waals surface area contributed by atoms with Gasteiger partial charge in [0.1, 0.15) is 5.82 Å². The lowest BCUT2D eigenvalue weighted by atomic mass is 10.00. The van der Waals surface area contributed by atoms with E-state index in [1.165, 1.54) is 31.3 Å². The lowest BCUT2D eigenvalue weighted by molar-refractivity contribution is 0.625. The molecule has 6 nitrogen and oxygen atoms in total. The van der Waals surface area contributed by atoms with Crippen LogP contribution >= 0.6 is 0 Å². The van der Waals surface area contributed by atoms with Gasteiger partial charge in [-0.15, -0.1) is 0 Å². The van der Waals surface area contributed by atoms with Crippen LogP contribution in [0.4, 0.5) is 17.5 Å². The summed E-state index contributed by atoms with van der Waals surface area (Å²) in [5.41, 5.74) is 5.31. The number of aromatic nitrogens is 4. The Balaban J connectivity index is 1.57. The molecule has 0 saturated heterocycles. The molecule has 1 fully saturated rings. The first-order chi connectivity index (χ1) is 13.8. The molecule has 0 amide bonds. The Morgan fingerprint density at radius 3 is 2.64 bits per heavy atom. The summed E-state index contributed by atoms with van der Waals surface area (Å²) in [7, 11) is 0. The summed E-state index contributed by atoms with van der Waals surface area (Å²) in [6.07, 6.45) is 9.10. The van der Waals surface area contributed by atoms with Crippen molar-refractivity contribution in [3.05, 3.63) is 59.5 Å². The first-order valence-electron chi connectivity index (χ1n) is 9.96. The second-order valence-electron chi connectivity index (χ2n) is 7.56. The zero-order valence-electron chi connectivity index (χ0n) is 16.0. The number of rotatable bonds is 4. The van der Waals surface area contributed by atoms with E-state index in [9.17, 15) is 0 Å². The lowest BCUT2D eigenvalue weighted by Crippen LogP contribution is -2.38. The minimum Gasteiger partial charge on any atom is -0.349 e. The third-order valence-corrected chi connectivity index (χ3v) is 5.67. The smallest absolute Gasteiger partial charge is 0.229 e. The highest BCUT2D eigenvalue weighted by molar-refractivity contribution is 5.90. The van der Waals surface area contributed by atoms with Gasteiger partial charge in [0.2, 0.25) is 5.95 Å². The van der Waals surface area contributed by atoms with Crippen LogP contribution in [0.15, 0.2) is 42.6 Å². The fourth-order valence-electron chi connectivity index (χ4n) is 4.25. The Kier molecular flexibility index (Phi) is 4.31. The van der Waals surface area contributed by atoms with E-state index < -0.39 is 0 Å². The average molecular weight is 372 g/mol. The summed E-state index contributed by atoms with van der Waals surface area (Å²) >= 11 is 0. The molecular weight excluding hydrogens is 348 g/mol. The maximum atomic E-state index is 4.94. The van der Waals surface area contributed by atoms with Crippen LogP contribution in [0.5, 0.6) is 0 Å². The molecule has 1 aliphatic carbocycles. The lowest BCUT2D eigenvalue weighted by Gasteiger charge is -2.35. The fraction of sp³-hybridized carbons (Fsp3) is 0.318. The molecule has 0 bridgehead atoms. The molecule has 0 unspecified atom stereocenters. The molecule has 6 heteroatoms. The Morgan fingerprint density at radius 2 is 1.89 bits per heavy atom. The Bertz CT molecular complexity index is 987. The summed E-state index contributed by atoms with van der Waals surface area (Å²) < 4.78 is 0. The minimum absolute atomic E-state index is 0.528. The second-order valence-corrected chi connectivity index (χ2v) is 7.56. The first-order valence-corrected chi connectivity index (χ1v) is 9.96. The van der Waals surface area contributed by atoms with E-state index in [2.05, 4.69) is 33.4 Å². The number of benzene rings is 1. The summed E-state index contributed by atoms with van der Waals surface area (Å²) in [6, 6.07) is 12.7. The number of aryl methyl sites for hydroxylation is 1. The van der Waals surface area contributed by atoms with Gasteiger partial charge in [0.15, 0.2) is 0 Å². The van der Waals surface area contributed by atoms with Crippen LogP contribution in [0.1, 0.15) is 42.6 Å². The predicted octanol–water partition coefficient (Wildman–Crippen LogP) is 4.55. The van der Waals surface area contributed by atoms with Crippen LogP contribution < -0.4 is 10.2 Å². The van der Waals surface area contributed by atoms with Crippen LogP contribution in [0, 0.1) is 6.92 Å². The standard InChI is InChI=1S/C22H24N6/c1-15-19-13-16(20-11-12-23-27-20)14-28(18-9-5-6-10-18)21(19)26-22(24-15)25-17-7-3-2-4-8-17/h2-4,7-8,11-13,18H,5-6,9-10,14H2,1H3,(H,23,27)(H,24,25,26). The molecule has 28 heavy (non-hydrogen) atoms. The third-order valence-electron chi connectivity index (χ3n) is 5.67. The Labute approximate surface area is 164 Å². The van der Waals surface area contributed by atoms with Gasteiger partial charge in [-0.05, 0) is 49.6 Å². The van der Waals surface area contributed by atoms with Crippen molar-refractivity contribution in [3.63, 3.8) is 0 Å². The van der Waals surface area contributed by atoms with Crippen molar-refractivity contribution in [2.75, 3.05) is 16.8 Å². The number of aromatic amines is 1.